The van der Waals surface area contributed by atoms with Gasteiger partial charge in [0.15, 0.2) is 0 Å². The zero-order valence-electron chi connectivity index (χ0n) is 19.4. The van der Waals surface area contributed by atoms with Crippen molar-refractivity contribution in [2.24, 2.45) is 23.7 Å². The van der Waals surface area contributed by atoms with Crippen LogP contribution >= 0.6 is 0 Å². The van der Waals surface area contributed by atoms with Gasteiger partial charge in [-0.05, 0) is 106 Å². The molecule has 0 bridgehead atoms. The van der Waals surface area contributed by atoms with Crippen LogP contribution in [-0.2, 0) is 6.42 Å². The Balaban J connectivity index is 1.31. The van der Waals surface area contributed by atoms with E-state index in [1.807, 2.05) is 0 Å². The molecule has 0 unspecified atom stereocenters. The minimum absolute atomic E-state index is 0.583. The van der Waals surface area contributed by atoms with Crippen LogP contribution in [0.1, 0.15) is 90.0 Å². The topological polar surface area (TPSA) is 9.23 Å². The first kappa shape index (κ1) is 23.0. The molecule has 0 spiro atoms. The fourth-order valence-corrected chi connectivity index (χ4v) is 4.96. The molecule has 0 N–H and O–H groups in total. The molecular weight excluding hydrogens is 364 g/mol. The standard InChI is InChI=1S/C29H42O/c1-3-5-8-25-19-21-29(22-20-25)30-23-28-17-15-27(16-18-28)10-7-6-9-26-13-11-24(4-2)12-14-26/h6,9,19-22,24,26-28H,3-5,8,11-18,23H2,1-2H3/t24-,26-,27-,28-. The quantitative estimate of drug-likeness (QED) is 0.397. The Morgan fingerprint density at radius 3 is 2.27 bits per heavy atom. The number of hydrogen-bond acceptors (Lipinski definition) is 1. The molecule has 0 atom stereocenters. The second-order valence-electron chi connectivity index (χ2n) is 9.61. The molecule has 1 aromatic rings. The molecule has 1 aromatic carbocycles. The molecule has 2 aliphatic carbocycles. The van der Waals surface area contributed by atoms with E-state index in [1.165, 1.54) is 82.6 Å². The number of rotatable bonds is 8. The Hall–Kier alpha value is -1.68. The summed E-state index contributed by atoms with van der Waals surface area (Å²) < 4.78 is 6.07. The highest BCUT2D eigenvalue weighted by molar-refractivity contribution is 5.27. The van der Waals surface area contributed by atoms with Crippen molar-refractivity contribution in [1.82, 2.24) is 0 Å². The van der Waals surface area contributed by atoms with Crippen LogP contribution in [0.4, 0.5) is 0 Å². The molecule has 2 saturated carbocycles. The lowest BCUT2D eigenvalue weighted by Gasteiger charge is -2.25. The van der Waals surface area contributed by atoms with Crippen molar-refractivity contribution in [3.63, 3.8) is 0 Å². The molecule has 0 heterocycles. The average Bonchev–Trinajstić information content (AvgIpc) is 2.81. The number of unbranched alkanes of at least 4 members (excludes halogenated alkanes) is 1. The van der Waals surface area contributed by atoms with Gasteiger partial charge in [-0.15, -0.1) is 0 Å². The molecule has 164 valence electrons. The minimum Gasteiger partial charge on any atom is -0.493 e. The first-order valence-electron chi connectivity index (χ1n) is 12.7. The van der Waals surface area contributed by atoms with E-state index in [0.29, 0.717) is 11.8 Å². The summed E-state index contributed by atoms with van der Waals surface area (Å²) in [4.78, 5) is 0. The van der Waals surface area contributed by atoms with Crippen molar-refractivity contribution in [1.29, 1.82) is 0 Å². The van der Waals surface area contributed by atoms with Gasteiger partial charge in [-0.1, -0.05) is 56.7 Å². The molecule has 0 aromatic heterocycles. The zero-order chi connectivity index (χ0) is 21.0. The van der Waals surface area contributed by atoms with Crippen LogP contribution < -0.4 is 4.74 Å². The van der Waals surface area contributed by atoms with E-state index in [0.717, 1.165) is 24.2 Å². The maximum atomic E-state index is 6.07. The monoisotopic (exact) mass is 406 g/mol. The lowest BCUT2D eigenvalue weighted by molar-refractivity contribution is 0.196. The summed E-state index contributed by atoms with van der Waals surface area (Å²) in [7, 11) is 0. The summed E-state index contributed by atoms with van der Waals surface area (Å²) in [5.74, 6) is 10.9. The molecule has 30 heavy (non-hydrogen) atoms. The van der Waals surface area contributed by atoms with Crippen molar-refractivity contribution in [3.05, 3.63) is 42.0 Å². The summed E-state index contributed by atoms with van der Waals surface area (Å²) in [5, 5.41) is 0. The summed E-state index contributed by atoms with van der Waals surface area (Å²) in [6, 6.07) is 8.73. The van der Waals surface area contributed by atoms with Gasteiger partial charge in [-0.25, -0.2) is 0 Å². The van der Waals surface area contributed by atoms with Gasteiger partial charge in [-0.2, -0.15) is 0 Å². The maximum Gasteiger partial charge on any atom is 0.119 e. The van der Waals surface area contributed by atoms with Crippen molar-refractivity contribution < 1.29 is 4.74 Å². The van der Waals surface area contributed by atoms with E-state index in [4.69, 9.17) is 4.74 Å². The van der Waals surface area contributed by atoms with Gasteiger partial charge >= 0.3 is 0 Å². The normalized spacial score (nSPS) is 26.9. The molecule has 0 amide bonds. The van der Waals surface area contributed by atoms with Crippen LogP contribution in [0.15, 0.2) is 36.4 Å². The summed E-state index contributed by atoms with van der Waals surface area (Å²) in [6.45, 7) is 5.43. The predicted molar refractivity (Wildman–Crippen MR) is 129 cm³/mol. The zero-order valence-corrected chi connectivity index (χ0v) is 19.4. The lowest BCUT2D eigenvalue weighted by Crippen LogP contribution is -2.19. The lowest BCUT2D eigenvalue weighted by atomic mass is 9.81. The maximum absolute atomic E-state index is 6.07. The van der Waals surface area contributed by atoms with Crippen molar-refractivity contribution in [2.75, 3.05) is 6.61 Å². The van der Waals surface area contributed by atoms with E-state index in [2.05, 4.69) is 62.1 Å². The summed E-state index contributed by atoms with van der Waals surface area (Å²) >= 11 is 0. The minimum atomic E-state index is 0.583. The highest BCUT2D eigenvalue weighted by Gasteiger charge is 2.20. The van der Waals surface area contributed by atoms with Crippen LogP contribution in [0.3, 0.4) is 0 Å². The third-order valence-electron chi connectivity index (χ3n) is 7.28. The average molecular weight is 407 g/mol. The van der Waals surface area contributed by atoms with E-state index >= 15 is 0 Å². The fourth-order valence-electron chi connectivity index (χ4n) is 4.96. The number of aryl methyl sites for hydroxylation is 1. The first-order chi connectivity index (χ1) is 14.8. The highest BCUT2D eigenvalue weighted by Crippen LogP contribution is 2.31. The predicted octanol–water partition coefficient (Wildman–Crippen LogP) is 7.99. The van der Waals surface area contributed by atoms with Crippen LogP contribution in [0.5, 0.6) is 5.75 Å². The highest BCUT2D eigenvalue weighted by atomic mass is 16.5. The Bertz CT molecular complexity index is 673. The first-order valence-corrected chi connectivity index (χ1v) is 12.7. The Morgan fingerprint density at radius 2 is 1.60 bits per heavy atom. The van der Waals surface area contributed by atoms with Gasteiger partial charge in [-0.3, -0.25) is 0 Å². The van der Waals surface area contributed by atoms with Crippen LogP contribution in [0.25, 0.3) is 0 Å². The SMILES string of the molecule is CCCCc1ccc(OC[C@H]2CC[C@H](C#CC=C[C@H]3CC[C@H](CC)CC3)CC2)cc1. The van der Waals surface area contributed by atoms with Gasteiger partial charge in [0, 0.05) is 5.92 Å². The second-order valence-corrected chi connectivity index (χ2v) is 9.61. The Kier molecular flexibility index (Phi) is 9.88. The molecule has 0 radical (unpaired) electrons. The summed E-state index contributed by atoms with van der Waals surface area (Å²) in [5.41, 5.74) is 1.42. The van der Waals surface area contributed by atoms with Crippen LogP contribution in [0, 0.1) is 35.5 Å². The van der Waals surface area contributed by atoms with Crippen molar-refractivity contribution >= 4 is 0 Å². The van der Waals surface area contributed by atoms with Gasteiger partial charge in [0.2, 0.25) is 0 Å². The molecule has 1 nitrogen and oxygen atoms in total. The van der Waals surface area contributed by atoms with Gasteiger partial charge in [0.05, 0.1) is 6.61 Å². The fraction of sp³-hybridized carbons (Fsp3) is 0.655. The molecule has 2 fully saturated rings. The van der Waals surface area contributed by atoms with E-state index in [9.17, 15) is 0 Å². The van der Waals surface area contributed by atoms with Crippen LogP contribution in [0.2, 0.25) is 0 Å². The number of hydrogen-bond donors (Lipinski definition) is 0. The van der Waals surface area contributed by atoms with Gasteiger partial charge < -0.3 is 4.74 Å². The molecular formula is C29H42O. The smallest absolute Gasteiger partial charge is 0.119 e. The molecule has 2 aliphatic rings. The van der Waals surface area contributed by atoms with Crippen molar-refractivity contribution in [3.8, 4) is 17.6 Å². The Morgan fingerprint density at radius 1 is 0.900 bits per heavy atom. The third-order valence-corrected chi connectivity index (χ3v) is 7.28. The number of allylic oxidation sites excluding steroid dienone is 2. The second kappa shape index (κ2) is 12.9. The Labute approximate surface area is 185 Å². The third kappa shape index (κ3) is 7.86. The molecule has 1 heteroatoms. The molecule has 0 saturated heterocycles. The van der Waals surface area contributed by atoms with Gasteiger partial charge in [0.1, 0.15) is 5.75 Å². The van der Waals surface area contributed by atoms with E-state index in [-0.39, 0.29) is 0 Å². The molecule has 3 rings (SSSR count). The van der Waals surface area contributed by atoms with Crippen molar-refractivity contribution in [2.45, 2.75) is 90.9 Å². The summed E-state index contributed by atoms with van der Waals surface area (Å²) in [6.07, 6.45) is 20.1. The van der Waals surface area contributed by atoms with E-state index in [1.54, 1.807) is 0 Å². The van der Waals surface area contributed by atoms with Gasteiger partial charge in [0.25, 0.3) is 0 Å². The van der Waals surface area contributed by atoms with Crippen LogP contribution in [-0.4, -0.2) is 6.61 Å². The number of benzene rings is 1. The molecule has 0 aliphatic heterocycles. The van der Waals surface area contributed by atoms with E-state index < -0.39 is 0 Å². The number of ether oxygens (including phenoxy) is 1. The largest absolute Gasteiger partial charge is 0.493 e.